The number of thioether (sulfide) groups is 1. The van der Waals surface area contributed by atoms with Gasteiger partial charge in [0.05, 0.1) is 16.9 Å². The summed E-state index contributed by atoms with van der Waals surface area (Å²) in [5, 5.41) is 21.1. The first-order valence-corrected chi connectivity index (χ1v) is 9.36. The number of anilines is 1. The first kappa shape index (κ1) is 19.0. The minimum absolute atomic E-state index is 0.175. The van der Waals surface area contributed by atoms with Crippen LogP contribution in [0.5, 0.6) is 0 Å². The molecular weight excluding hydrogens is 382 g/mol. The molecule has 0 bridgehead atoms. The fraction of sp³-hybridized carbons (Fsp3) is 0.158. The Labute approximate surface area is 166 Å². The fourth-order valence-electron chi connectivity index (χ4n) is 2.39. The number of hydrogen-bond donors (Lipinski definition) is 1. The number of nitrogens with zero attached hydrogens (tertiary/aromatic N) is 4. The number of rotatable bonds is 5. The van der Waals surface area contributed by atoms with E-state index in [1.165, 1.54) is 11.8 Å². The standard InChI is InChI=1S/C19H16ClN5OS/c1-12(18(26)22-16-5-3-4-13(10-16)11-21)27-19-24-23-17(25(19)2)14-6-8-15(20)9-7-14/h3-10,12H,1-2H3,(H,22,26)/t12-/m1/s1. The highest BCUT2D eigenvalue weighted by Crippen LogP contribution is 2.27. The summed E-state index contributed by atoms with van der Waals surface area (Å²) in [4.78, 5) is 12.5. The maximum atomic E-state index is 12.5. The molecule has 8 heteroatoms. The van der Waals surface area contributed by atoms with Crippen molar-refractivity contribution in [3.8, 4) is 17.5 Å². The zero-order valence-corrected chi connectivity index (χ0v) is 16.3. The Balaban J connectivity index is 1.70. The summed E-state index contributed by atoms with van der Waals surface area (Å²) in [6, 6.07) is 16.2. The number of carbonyl (C=O) groups excluding carboxylic acids is 1. The van der Waals surface area contributed by atoms with Gasteiger partial charge in [0.25, 0.3) is 0 Å². The highest BCUT2D eigenvalue weighted by Gasteiger charge is 2.19. The van der Waals surface area contributed by atoms with Gasteiger partial charge in [0.15, 0.2) is 11.0 Å². The number of carbonyl (C=O) groups is 1. The van der Waals surface area contributed by atoms with E-state index in [1.54, 1.807) is 43.3 Å². The SMILES string of the molecule is C[C@@H](Sc1nnc(-c2ccc(Cl)cc2)n1C)C(=O)Nc1cccc(C#N)c1. The van der Waals surface area contributed by atoms with Gasteiger partial charge in [0.2, 0.25) is 5.91 Å². The van der Waals surface area contributed by atoms with Gasteiger partial charge in [-0.2, -0.15) is 5.26 Å². The molecule has 2 aromatic carbocycles. The maximum Gasteiger partial charge on any atom is 0.237 e. The molecule has 3 rings (SSSR count). The topological polar surface area (TPSA) is 83.6 Å². The van der Waals surface area contributed by atoms with Crippen LogP contribution in [0.4, 0.5) is 5.69 Å². The lowest BCUT2D eigenvalue weighted by Gasteiger charge is -2.12. The van der Waals surface area contributed by atoms with Crippen molar-refractivity contribution in [3.05, 3.63) is 59.1 Å². The Morgan fingerprint density at radius 3 is 2.70 bits per heavy atom. The van der Waals surface area contributed by atoms with E-state index in [1.807, 2.05) is 23.7 Å². The van der Waals surface area contributed by atoms with Crippen molar-refractivity contribution >= 4 is 35.0 Å². The average molecular weight is 398 g/mol. The van der Waals surface area contributed by atoms with Gasteiger partial charge in [-0.3, -0.25) is 4.79 Å². The van der Waals surface area contributed by atoms with Crippen LogP contribution >= 0.6 is 23.4 Å². The van der Waals surface area contributed by atoms with Crippen molar-refractivity contribution in [1.82, 2.24) is 14.8 Å². The van der Waals surface area contributed by atoms with Crippen LogP contribution in [0.1, 0.15) is 12.5 Å². The van der Waals surface area contributed by atoms with E-state index in [-0.39, 0.29) is 5.91 Å². The molecule has 0 saturated heterocycles. The summed E-state index contributed by atoms with van der Waals surface area (Å²) in [6.45, 7) is 1.80. The zero-order chi connectivity index (χ0) is 19.4. The molecule has 136 valence electrons. The van der Waals surface area contributed by atoms with Crippen molar-refractivity contribution in [1.29, 1.82) is 5.26 Å². The predicted molar refractivity (Wildman–Crippen MR) is 107 cm³/mol. The molecule has 1 atom stereocenters. The summed E-state index contributed by atoms with van der Waals surface area (Å²) < 4.78 is 1.84. The third-order valence-electron chi connectivity index (χ3n) is 3.85. The molecule has 0 unspecified atom stereocenters. The molecule has 1 heterocycles. The summed E-state index contributed by atoms with van der Waals surface area (Å²) in [5.74, 6) is 0.523. The molecule has 1 N–H and O–H groups in total. The van der Waals surface area contributed by atoms with Gasteiger partial charge in [-0.1, -0.05) is 29.4 Å². The van der Waals surface area contributed by atoms with Gasteiger partial charge >= 0.3 is 0 Å². The number of hydrogen-bond acceptors (Lipinski definition) is 5. The van der Waals surface area contributed by atoms with Crippen LogP contribution in [-0.4, -0.2) is 25.9 Å². The van der Waals surface area contributed by atoms with Gasteiger partial charge in [0.1, 0.15) is 0 Å². The normalized spacial score (nSPS) is 11.6. The molecule has 27 heavy (non-hydrogen) atoms. The minimum Gasteiger partial charge on any atom is -0.325 e. The molecule has 0 aliphatic heterocycles. The monoisotopic (exact) mass is 397 g/mol. The molecule has 6 nitrogen and oxygen atoms in total. The van der Waals surface area contributed by atoms with E-state index in [0.717, 1.165) is 5.56 Å². The third-order valence-corrected chi connectivity index (χ3v) is 5.23. The van der Waals surface area contributed by atoms with Crippen LogP contribution in [0.25, 0.3) is 11.4 Å². The summed E-state index contributed by atoms with van der Waals surface area (Å²) >= 11 is 7.24. The largest absolute Gasteiger partial charge is 0.325 e. The molecule has 1 aromatic heterocycles. The van der Waals surface area contributed by atoms with Gasteiger partial charge in [-0.25, -0.2) is 0 Å². The summed E-state index contributed by atoms with van der Waals surface area (Å²) in [6.07, 6.45) is 0. The zero-order valence-electron chi connectivity index (χ0n) is 14.7. The van der Waals surface area contributed by atoms with E-state index < -0.39 is 5.25 Å². The van der Waals surface area contributed by atoms with Crippen LogP contribution < -0.4 is 5.32 Å². The maximum absolute atomic E-state index is 12.5. The van der Waals surface area contributed by atoms with E-state index in [2.05, 4.69) is 21.6 Å². The number of amides is 1. The van der Waals surface area contributed by atoms with Crippen molar-refractivity contribution in [2.24, 2.45) is 7.05 Å². The first-order chi connectivity index (χ1) is 13.0. The quantitative estimate of drug-likeness (QED) is 0.654. The van der Waals surface area contributed by atoms with Gasteiger partial charge < -0.3 is 9.88 Å². The smallest absolute Gasteiger partial charge is 0.237 e. The molecule has 0 radical (unpaired) electrons. The number of benzene rings is 2. The molecule has 0 aliphatic rings. The Bertz CT molecular complexity index is 1010. The van der Waals surface area contributed by atoms with E-state index in [9.17, 15) is 4.79 Å². The van der Waals surface area contributed by atoms with Crippen molar-refractivity contribution in [3.63, 3.8) is 0 Å². The van der Waals surface area contributed by atoms with Crippen molar-refractivity contribution in [2.45, 2.75) is 17.3 Å². The van der Waals surface area contributed by atoms with Crippen LogP contribution in [0.3, 0.4) is 0 Å². The highest BCUT2D eigenvalue weighted by atomic mass is 35.5. The minimum atomic E-state index is -0.392. The van der Waals surface area contributed by atoms with Crippen LogP contribution in [-0.2, 0) is 11.8 Å². The molecule has 0 aliphatic carbocycles. The lowest BCUT2D eigenvalue weighted by atomic mass is 10.2. The number of nitrogens with one attached hydrogen (secondary N) is 1. The fourth-order valence-corrected chi connectivity index (χ4v) is 3.33. The van der Waals surface area contributed by atoms with Crippen molar-refractivity contribution in [2.75, 3.05) is 5.32 Å². The second-order valence-electron chi connectivity index (χ2n) is 5.81. The number of aromatic nitrogens is 3. The Hall–Kier alpha value is -2.82. The molecule has 0 fully saturated rings. The summed E-state index contributed by atoms with van der Waals surface area (Å²) in [7, 11) is 1.85. The second kappa shape index (κ2) is 8.25. The lowest BCUT2D eigenvalue weighted by molar-refractivity contribution is -0.115. The van der Waals surface area contributed by atoms with E-state index in [4.69, 9.17) is 16.9 Å². The first-order valence-electron chi connectivity index (χ1n) is 8.11. The van der Waals surface area contributed by atoms with Gasteiger partial charge in [-0.15, -0.1) is 10.2 Å². The lowest BCUT2D eigenvalue weighted by Crippen LogP contribution is -2.22. The van der Waals surface area contributed by atoms with E-state index in [0.29, 0.717) is 27.3 Å². The highest BCUT2D eigenvalue weighted by molar-refractivity contribution is 8.00. The molecule has 1 amide bonds. The molecule has 3 aromatic rings. The molecular formula is C19H16ClN5OS. The summed E-state index contributed by atoms with van der Waals surface area (Å²) in [5.41, 5.74) is 1.98. The Morgan fingerprint density at radius 2 is 2.00 bits per heavy atom. The number of halogens is 1. The van der Waals surface area contributed by atoms with Crippen LogP contribution in [0.15, 0.2) is 53.7 Å². The predicted octanol–water partition coefficient (Wildman–Crippen LogP) is 4.13. The number of nitriles is 1. The second-order valence-corrected chi connectivity index (χ2v) is 7.56. The van der Waals surface area contributed by atoms with Crippen molar-refractivity contribution < 1.29 is 4.79 Å². The molecule has 0 spiro atoms. The van der Waals surface area contributed by atoms with Crippen LogP contribution in [0, 0.1) is 11.3 Å². The van der Waals surface area contributed by atoms with Crippen LogP contribution in [0.2, 0.25) is 5.02 Å². The average Bonchev–Trinajstić information content (AvgIpc) is 3.03. The molecule has 0 saturated carbocycles. The third kappa shape index (κ3) is 4.48. The van der Waals surface area contributed by atoms with E-state index >= 15 is 0 Å². The Morgan fingerprint density at radius 1 is 1.26 bits per heavy atom. The van der Waals surface area contributed by atoms with Gasteiger partial charge in [0, 0.05) is 23.3 Å². The Kier molecular flexibility index (Phi) is 5.79. The van der Waals surface area contributed by atoms with Gasteiger partial charge in [-0.05, 0) is 49.4 Å².